The van der Waals surface area contributed by atoms with Crippen LogP contribution in [0.25, 0.3) is 0 Å². The van der Waals surface area contributed by atoms with E-state index in [9.17, 15) is 4.79 Å². The maximum absolute atomic E-state index is 10.8. The summed E-state index contributed by atoms with van der Waals surface area (Å²) in [5, 5.41) is 8.89. The first-order valence-corrected chi connectivity index (χ1v) is 6.02. The third-order valence-electron chi connectivity index (χ3n) is 2.96. The van der Waals surface area contributed by atoms with Crippen LogP contribution in [0.5, 0.6) is 0 Å². The van der Waals surface area contributed by atoms with Crippen LogP contribution < -0.4 is 4.90 Å². The molecule has 17 heavy (non-hydrogen) atoms. The lowest BCUT2D eigenvalue weighted by atomic mass is 10.2. The van der Waals surface area contributed by atoms with Gasteiger partial charge >= 0.3 is 5.97 Å². The summed E-state index contributed by atoms with van der Waals surface area (Å²) in [4.78, 5) is 21.6. The molecule has 5 nitrogen and oxygen atoms in total. The van der Waals surface area contributed by atoms with E-state index in [0.29, 0.717) is 0 Å². The van der Waals surface area contributed by atoms with Crippen molar-refractivity contribution in [3.8, 4) is 0 Å². The van der Waals surface area contributed by atoms with Gasteiger partial charge in [0.1, 0.15) is 11.6 Å². The molecule has 0 spiro atoms. The minimum atomic E-state index is -0.835. The van der Waals surface area contributed by atoms with Crippen LogP contribution in [0.1, 0.15) is 31.2 Å². The van der Waals surface area contributed by atoms with Crippen molar-refractivity contribution in [3.05, 3.63) is 17.6 Å². The normalized spacial score (nSPS) is 15.2. The zero-order valence-corrected chi connectivity index (χ0v) is 10.0. The van der Waals surface area contributed by atoms with Crippen molar-refractivity contribution in [1.82, 2.24) is 9.97 Å². The van der Waals surface area contributed by atoms with Gasteiger partial charge in [-0.25, -0.2) is 9.97 Å². The molecule has 1 aromatic heterocycles. The number of hydrogen-bond acceptors (Lipinski definition) is 4. The van der Waals surface area contributed by atoms with Gasteiger partial charge in [-0.05, 0) is 12.8 Å². The lowest BCUT2D eigenvalue weighted by molar-refractivity contribution is -0.136. The van der Waals surface area contributed by atoms with E-state index in [-0.39, 0.29) is 6.42 Å². The van der Waals surface area contributed by atoms with E-state index in [0.717, 1.165) is 49.6 Å². The number of carbonyl (C=O) groups is 1. The molecule has 1 aliphatic rings. The van der Waals surface area contributed by atoms with Gasteiger partial charge in [-0.15, -0.1) is 0 Å². The molecule has 1 N–H and O–H groups in total. The highest BCUT2D eigenvalue weighted by atomic mass is 16.4. The van der Waals surface area contributed by atoms with Crippen molar-refractivity contribution >= 4 is 11.8 Å². The van der Waals surface area contributed by atoms with Gasteiger partial charge in [0.15, 0.2) is 0 Å². The molecule has 0 saturated carbocycles. The fraction of sp³-hybridized carbons (Fsp3) is 0.583. The van der Waals surface area contributed by atoms with Crippen molar-refractivity contribution in [2.24, 2.45) is 0 Å². The second-order valence-electron chi connectivity index (χ2n) is 4.25. The number of aliphatic carboxylic acids is 1. The van der Waals surface area contributed by atoms with Crippen LogP contribution in [0.2, 0.25) is 0 Å². The molecule has 92 valence electrons. The Bertz CT molecular complexity index is 414. The molecule has 0 unspecified atom stereocenters. The van der Waals surface area contributed by atoms with Crippen LogP contribution in [0, 0.1) is 0 Å². The summed E-state index contributed by atoms with van der Waals surface area (Å²) in [7, 11) is 0. The predicted molar refractivity (Wildman–Crippen MR) is 64.2 cm³/mol. The molecule has 0 radical (unpaired) electrons. The number of rotatable bonds is 4. The van der Waals surface area contributed by atoms with E-state index in [2.05, 4.69) is 14.9 Å². The van der Waals surface area contributed by atoms with Crippen LogP contribution in [-0.4, -0.2) is 34.1 Å². The van der Waals surface area contributed by atoms with Crippen LogP contribution in [0.4, 0.5) is 5.82 Å². The van der Waals surface area contributed by atoms with Gasteiger partial charge in [0.25, 0.3) is 0 Å². The maximum Gasteiger partial charge on any atom is 0.308 e. The van der Waals surface area contributed by atoms with Gasteiger partial charge in [0, 0.05) is 31.3 Å². The number of carboxylic acids is 1. The van der Waals surface area contributed by atoms with E-state index in [1.165, 1.54) is 0 Å². The lowest BCUT2D eigenvalue weighted by Crippen LogP contribution is -2.22. The van der Waals surface area contributed by atoms with Crippen molar-refractivity contribution in [2.45, 2.75) is 32.6 Å². The lowest BCUT2D eigenvalue weighted by Gasteiger charge is -2.19. The molecule has 2 heterocycles. The molecular weight excluding hydrogens is 218 g/mol. The number of carboxylic acid groups (broad SMARTS) is 1. The molecule has 0 aromatic carbocycles. The number of aryl methyl sites for hydroxylation is 1. The van der Waals surface area contributed by atoms with Crippen LogP contribution in [0.3, 0.4) is 0 Å². The Kier molecular flexibility index (Phi) is 3.56. The van der Waals surface area contributed by atoms with E-state index in [1.807, 2.05) is 6.92 Å². The molecule has 5 heteroatoms. The summed E-state index contributed by atoms with van der Waals surface area (Å²) >= 11 is 0. The Morgan fingerprint density at radius 3 is 2.76 bits per heavy atom. The second kappa shape index (κ2) is 5.12. The highest BCUT2D eigenvalue weighted by Gasteiger charge is 2.19. The zero-order valence-electron chi connectivity index (χ0n) is 10.0. The quantitative estimate of drug-likeness (QED) is 0.851. The van der Waals surface area contributed by atoms with Crippen molar-refractivity contribution in [3.63, 3.8) is 0 Å². The Hall–Kier alpha value is -1.65. The molecule has 0 aliphatic carbocycles. The second-order valence-corrected chi connectivity index (χ2v) is 4.25. The predicted octanol–water partition coefficient (Wildman–Crippen LogP) is 1.27. The Labute approximate surface area is 100 Å². The minimum absolute atomic E-state index is 0.00414. The maximum atomic E-state index is 10.8. The van der Waals surface area contributed by atoms with Crippen molar-refractivity contribution in [2.75, 3.05) is 18.0 Å². The van der Waals surface area contributed by atoms with Crippen molar-refractivity contribution < 1.29 is 9.90 Å². The van der Waals surface area contributed by atoms with E-state index in [4.69, 9.17) is 5.11 Å². The Morgan fingerprint density at radius 2 is 2.18 bits per heavy atom. The summed E-state index contributed by atoms with van der Waals surface area (Å²) in [5.41, 5.74) is 0.719. The molecule has 1 aliphatic heterocycles. The van der Waals surface area contributed by atoms with Gasteiger partial charge in [-0.3, -0.25) is 4.79 Å². The highest BCUT2D eigenvalue weighted by molar-refractivity contribution is 5.72. The number of anilines is 1. The summed E-state index contributed by atoms with van der Waals surface area (Å²) in [5.74, 6) is 0.760. The van der Waals surface area contributed by atoms with Gasteiger partial charge in [0.2, 0.25) is 0 Å². The first-order valence-electron chi connectivity index (χ1n) is 6.02. The summed E-state index contributed by atoms with van der Waals surface area (Å²) < 4.78 is 0. The third-order valence-corrected chi connectivity index (χ3v) is 2.96. The Morgan fingerprint density at radius 1 is 1.47 bits per heavy atom. The summed E-state index contributed by atoms with van der Waals surface area (Å²) in [6, 6.07) is 0. The van der Waals surface area contributed by atoms with Gasteiger partial charge < -0.3 is 10.0 Å². The third kappa shape index (κ3) is 2.72. The number of aromatic nitrogens is 2. The van der Waals surface area contributed by atoms with Gasteiger partial charge in [-0.1, -0.05) is 6.92 Å². The average molecular weight is 235 g/mol. The van der Waals surface area contributed by atoms with Crippen molar-refractivity contribution in [1.29, 1.82) is 0 Å². The molecule has 1 fully saturated rings. The van der Waals surface area contributed by atoms with E-state index < -0.39 is 5.97 Å². The standard InChI is InChI=1S/C12H17N3O2/c1-2-10-13-8-9(7-11(16)17)12(14-10)15-5-3-4-6-15/h8H,2-7H2,1H3,(H,16,17). The zero-order chi connectivity index (χ0) is 12.3. The molecule has 0 bridgehead atoms. The molecule has 0 amide bonds. The molecule has 1 aromatic rings. The average Bonchev–Trinajstić information content (AvgIpc) is 2.82. The minimum Gasteiger partial charge on any atom is -0.481 e. The van der Waals surface area contributed by atoms with E-state index in [1.54, 1.807) is 6.20 Å². The molecule has 1 saturated heterocycles. The number of hydrogen-bond donors (Lipinski definition) is 1. The first kappa shape index (κ1) is 11.8. The first-order chi connectivity index (χ1) is 8.20. The number of nitrogens with zero attached hydrogens (tertiary/aromatic N) is 3. The highest BCUT2D eigenvalue weighted by Crippen LogP contribution is 2.22. The van der Waals surface area contributed by atoms with Crippen LogP contribution in [-0.2, 0) is 17.6 Å². The van der Waals surface area contributed by atoms with Crippen LogP contribution >= 0.6 is 0 Å². The molecule has 2 rings (SSSR count). The smallest absolute Gasteiger partial charge is 0.308 e. The summed E-state index contributed by atoms with van der Waals surface area (Å²) in [6.07, 6.45) is 4.73. The molecular formula is C12H17N3O2. The SMILES string of the molecule is CCc1ncc(CC(=O)O)c(N2CCCC2)n1. The molecule has 0 atom stereocenters. The fourth-order valence-corrected chi connectivity index (χ4v) is 2.09. The van der Waals surface area contributed by atoms with Gasteiger partial charge in [-0.2, -0.15) is 0 Å². The Balaban J connectivity index is 2.32. The van der Waals surface area contributed by atoms with E-state index >= 15 is 0 Å². The fourth-order valence-electron chi connectivity index (χ4n) is 2.09. The topological polar surface area (TPSA) is 66.3 Å². The van der Waals surface area contributed by atoms with Gasteiger partial charge in [0.05, 0.1) is 6.42 Å². The van der Waals surface area contributed by atoms with Crippen LogP contribution in [0.15, 0.2) is 6.20 Å². The monoisotopic (exact) mass is 235 g/mol. The summed E-state index contributed by atoms with van der Waals surface area (Å²) in [6.45, 7) is 3.93. The largest absolute Gasteiger partial charge is 0.481 e.